The smallest absolute Gasteiger partial charge is 0.342 e. The summed E-state index contributed by atoms with van der Waals surface area (Å²) in [5.74, 6) is 0.987. The first-order valence-corrected chi connectivity index (χ1v) is 9.89. The summed E-state index contributed by atoms with van der Waals surface area (Å²) < 4.78 is 17.9. The van der Waals surface area contributed by atoms with Crippen molar-refractivity contribution in [2.24, 2.45) is 0 Å². The van der Waals surface area contributed by atoms with E-state index in [0.29, 0.717) is 17.0 Å². The van der Waals surface area contributed by atoms with E-state index in [1.54, 1.807) is 30.1 Å². The van der Waals surface area contributed by atoms with E-state index in [2.05, 4.69) is 5.10 Å². The molecule has 4 aromatic rings. The molecule has 156 valence electrons. The molecule has 31 heavy (non-hydrogen) atoms. The van der Waals surface area contributed by atoms with Gasteiger partial charge in [0, 0.05) is 11.8 Å². The lowest BCUT2D eigenvalue weighted by molar-refractivity contribution is 0.0451. The van der Waals surface area contributed by atoms with E-state index in [4.69, 9.17) is 14.2 Å². The molecule has 0 spiro atoms. The number of aromatic nitrogens is 2. The van der Waals surface area contributed by atoms with Gasteiger partial charge in [-0.3, -0.25) is 0 Å². The lowest BCUT2D eigenvalue weighted by Crippen LogP contribution is -2.12. The van der Waals surface area contributed by atoms with Crippen LogP contribution in [-0.4, -0.2) is 36.1 Å². The van der Waals surface area contributed by atoms with Gasteiger partial charge < -0.3 is 14.2 Å². The Balaban J connectivity index is 1.46. The van der Waals surface area contributed by atoms with E-state index in [1.165, 1.54) is 0 Å². The highest BCUT2D eigenvalue weighted by Crippen LogP contribution is 2.24. The van der Waals surface area contributed by atoms with Gasteiger partial charge in [-0.2, -0.15) is 5.10 Å². The maximum atomic E-state index is 12.8. The quantitative estimate of drug-likeness (QED) is 0.307. The normalized spacial score (nSPS) is 10.5. The van der Waals surface area contributed by atoms with Crippen LogP contribution in [0.3, 0.4) is 0 Å². The third-order valence-electron chi connectivity index (χ3n) is 4.65. The number of rotatable bonds is 8. The Labute approximate surface area is 180 Å². The zero-order valence-electron chi connectivity index (χ0n) is 17.1. The minimum atomic E-state index is -0.445. The maximum absolute atomic E-state index is 12.8. The Morgan fingerprint density at radius 2 is 1.48 bits per heavy atom. The van der Waals surface area contributed by atoms with E-state index in [9.17, 15) is 4.79 Å². The molecule has 6 heteroatoms. The Hall–Kier alpha value is -4.06. The third-order valence-corrected chi connectivity index (χ3v) is 4.65. The number of ether oxygens (including phenoxy) is 3. The van der Waals surface area contributed by atoms with Gasteiger partial charge >= 0.3 is 5.97 Å². The summed E-state index contributed by atoms with van der Waals surface area (Å²) in [4.78, 5) is 12.8. The number of carbonyl (C=O) groups is 1. The molecule has 6 nitrogen and oxygen atoms in total. The minimum absolute atomic E-state index is 0.121. The van der Waals surface area contributed by atoms with Gasteiger partial charge in [-0.1, -0.05) is 48.5 Å². The molecule has 0 N–H and O–H groups in total. The van der Waals surface area contributed by atoms with Gasteiger partial charge in [-0.15, -0.1) is 0 Å². The van der Waals surface area contributed by atoms with Crippen molar-refractivity contribution in [1.82, 2.24) is 9.78 Å². The van der Waals surface area contributed by atoms with Crippen LogP contribution < -0.4 is 9.47 Å². The average molecular weight is 414 g/mol. The molecule has 0 saturated heterocycles. The SMILES string of the molecule is COc1ccc(OCCOC(=O)c2cn(-c3ccccc3)nc2-c2ccccc2)cc1. The number of hydrogen-bond donors (Lipinski definition) is 0. The lowest BCUT2D eigenvalue weighted by atomic mass is 10.1. The second kappa shape index (κ2) is 9.63. The highest BCUT2D eigenvalue weighted by Gasteiger charge is 2.20. The first kappa shape index (κ1) is 20.2. The summed E-state index contributed by atoms with van der Waals surface area (Å²) in [6.45, 7) is 0.362. The molecule has 0 radical (unpaired) electrons. The molecule has 0 atom stereocenters. The molecule has 1 heterocycles. The molecular weight excluding hydrogens is 392 g/mol. The standard InChI is InChI=1S/C25H22N2O4/c1-29-21-12-14-22(15-13-21)30-16-17-31-25(28)23-18-27(20-10-6-3-7-11-20)26-24(23)19-8-4-2-5-9-19/h2-15,18H,16-17H2,1H3. The molecule has 0 saturated carbocycles. The number of esters is 1. The Bertz CT molecular complexity index is 1120. The van der Waals surface area contributed by atoms with Crippen LogP contribution in [-0.2, 0) is 4.74 Å². The maximum Gasteiger partial charge on any atom is 0.342 e. The summed E-state index contributed by atoms with van der Waals surface area (Å²) in [6.07, 6.45) is 1.70. The zero-order valence-corrected chi connectivity index (χ0v) is 17.1. The van der Waals surface area contributed by atoms with Crippen LogP contribution in [0, 0.1) is 0 Å². The number of carbonyl (C=O) groups excluding carboxylic acids is 1. The van der Waals surface area contributed by atoms with Gasteiger partial charge in [-0.25, -0.2) is 9.48 Å². The van der Waals surface area contributed by atoms with Crippen molar-refractivity contribution < 1.29 is 19.0 Å². The van der Waals surface area contributed by atoms with Gasteiger partial charge in [-0.05, 0) is 36.4 Å². The number of nitrogens with zero attached hydrogens (tertiary/aromatic N) is 2. The predicted octanol–water partition coefficient (Wildman–Crippen LogP) is 4.78. The van der Waals surface area contributed by atoms with Crippen LogP contribution in [0.2, 0.25) is 0 Å². The first-order chi connectivity index (χ1) is 15.2. The molecule has 0 bridgehead atoms. The molecule has 1 aromatic heterocycles. The van der Waals surface area contributed by atoms with Crippen molar-refractivity contribution in [3.63, 3.8) is 0 Å². The lowest BCUT2D eigenvalue weighted by Gasteiger charge is -2.08. The fraction of sp³-hybridized carbons (Fsp3) is 0.120. The van der Waals surface area contributed by atoms with Gasteiger partial charge in [0.15, 0.2) is 0 Å². The average Bonchev–Trinajstić information content (AvgIpc) is 3.29. The second-order valence-electron chi connectivity index (χ2n) is 6.70. The Morgan fingerprint density at radius 1 is 0.839 bits per heavy atom. The van der Waals surface area contributed by atoms with Gasteiger partial charge in [0.25, 0.3) is 0 Å². The van der Waals surface area contributed by atoms with Crippen LogP contribution in [0.15, 0.2) is 91.1 Å². The summed E-state index contributed by atoms with van der Waals surface area (Å²) in [7, 11) is 1.61. The summed E-state index contributed by atoms with van der Waals surface area (Å²) in [5.41, 5.74) is 2.69. The van der Waals surface area contributed by atoms with Crippen molar-refractivity contribution in [1.29, 1.82) is 0 Å². The molecule has 4 rings (SSSR count). The molecule has 0 aliphatic carbocycles. The highest BCUT2D eigenvalue weighted by molar-refractivity contribution is 5.96. The van der Waals surface area contributed by atoms with E-state index < -0.39 is 5.97 Å². The highest BCUT2D eigenvalue weighted by atomic mass is 16.6. The van der Waals surface area contributed by atoms with Crippen LogP contribution in [0.1, 0.15) is 10.4 Å². The van der Waals surface area contributed by atoms with Crippen molar-refractivity contribution >= 4 is 5.97 Å². The Morgan fingerprint density at radius 3 is 2.16 bits per heavy atom. The number of benzene rings is 3. The van der Waals surface area contributed by atoms with Crippen molar-refractivity contribution in [3.05, 3.63) is 96.7 Å². The zero-order chi connectivity index (χ0) is 21.5. The number of methoxy groups -OCH3 is 1. The molecule has 0 aliphatic heterocycles. The number of hydrogen-bond acceptors (Lipinski definition) is 5. The van der Waals surface area contributed by atoms with E-state index >= 15 is 0 Å². The minimum Gasteiger partial charge on any atom is -0.497 e. The molecule has 0 fully saturated rings. The fourth-order valence-electron chi connectivity index (χ4n) is 3.09. The van der Waals surface area contributed by atoms with Crippen molar-refractivity contribution in [2.45, 2.75) is 0 Å². The van der Waals surface area contributed by atoms with Crippen molar-refractivity contribution in [2.75, 3.05) is 20.3 Å². The Kier molecular flexibility index (Phi) is 6.28. The van der Waals surface area contributed by atoms with Crippen molar-refractivity contribution in [3.8, 4) is 28.4 Å². The van der Waals surface area contributed by atoms with Gasteiger partial charge in [0.05, 0.1) is 12.8 Å². The largest absolute Gasteiger partial charge is 0.497 e. The molecule has 3 aromatic carbocycles. The van der Waals surface area contributed by atoms with Crippen LogP contribution in [0.25, 0.3) is 16.9 Å². The number of para-hydroxylation sites is 1. The van der Waals surface area contributed by atoms with E-state index in [1.807, 2.05) is 72.8 Å². The van der Waals surface area contributed by atoms with Gasteiger partial charge in [0.2, 0.25) is 0 Å². The summed E-state index contributed by atoms with van der Waals surface area (Å²) in [5, 5.41) is 4.64. The van der Waals surface area contributed by atoms with E-state index in [-0.39, 0.29) is 13.2 Å². The molecule has 0 amide bonds. The van der Waals surface area contributed by atoms with Crippen LogP contribution >= 0.6 is 0 Å². The van der Waals surface area contributed by atoms with Gasteiger partial charge in [0.1, 0.15) is 36.0 Å². The second-order valence-corrected chi connectivity index (χ2v) is 6.70. The first-order valence-electron chi connectivity index (χ1n) is 9.89. The predicted molar refractivity (Wildman–Crippen MR) is 118 cm³/mol. The summed E-state index contributed by atoms with van der Waals surface area (Å²) in [6, 6.07) is 26.5. The molecule has 0 unspecified atom stereocenters. The summed E-state index contributed by atoms with van der Waals surface area (Å²) >= 11 is 0. The molecular formula is C25H22N2O4. The van der Waals surface area contributed by atoms with Crippen LogP contribution in [0.4, 0.5) is 0 Å². The fourth-order valence-corrected chi connectivity index (χ4v) is 3.09. The van der Waals surface area contributed by atoms with E-state index in [0.717, 1.165) is 17.0 Å². The topological polar surface area (TPSA) is 62.6 Å². The molecule has 0 aliphatic rings. The monoisotopic (exact) mass is 414 g/mol. The van der Waals surface area contributed by atoms with Crippen LogP contribution in [0.5, 0.6) is 11.5 Å². The third kappa shape index (κ3) is 4.93.